The SMILES string of the molecule is Cc1ccc(-c2ccccc2C(=O)Nc2ccc(C(=O)N(CC(=O)N(C)C)c3ccccc3C)cc2)cc1. The molecule has 4 aromatic rings. The number of carbonyl (C=O) groups is 3. The van der Waals surface area contributed by atoms with Crippen molar-refractivity contribution in [2.75, 3.05) is 30.9 Å². The highest BCUT2D eigenvalue weighted by molar-refractivity contribution is 6.10. The molecule has 0 heterocycles. The molecule has 6 heteroatoms. The zero-order valence-corrected chi connectivity index (χ0v) is 22.1. The molecule has 0 aliphatic rings. The largest absolute Gasteiger partial charge is 0.347 e. The lowest BCUT2D eigenvalue weighted by atomic mass is 9.98. The summed E-state index contributed by atoms with van der Waals surface area (Å²) < 4.78 is 0. The quantitative estimate of drug-likeness (QED) is 0.337. The zero-order valence-electron chi connectivity index (χ0n) is 22.1. The third-order valence-corrected chi connectivity index (χ3v) is 6.37. The van der Waals surface area contributed by atoms with Gasteiger partial charge in [0, 0.05) is 36.6 Å². The van der Waals surface area contributed by atoms with Crippen LogP contribution in [0.5, 0.6) is 0 Å². The fourth-order valence-corrected chi connectivity index (χ4v) is 4.13. The zero-order chi connectivity index (χ0) is 27.2. The van der Waals surface area contributed by atoms with Crippen LogP contribution in [0.2, 0.25) is 0 Å². The number of likely N-dealkylation sites (N-methyl/N-ethyl adjacent to an activating group) is 1. The molecule has 0 fully saturated rings. The lowest BCUT2D eigenvalue weighted by molar-refractivity contribution is -0.127. The van der Waals surface area contributed by atoms with Gasteiger partial charge in [0.25, 0.3) is 11.8 Å². The van der Waals surface area contributed by atoms with Gasteiger partial charge in [-0.05, 0) is 66.9 Å². The van der Waals surface area contributed by atoms with Crippen LogP contribution in [0.3, 0.4) is 0 Å². The monoisotopic (exact) mass is 505 g/mol. The number of hydrogen-bond donors (Lipinski definition) is 1. The standard InChI is InChI=1S/C32H31N3O3/c1-22-13-15-24(16-14-22)27-10-6-7-11-28(27)31(37)33-26-19-17-25(18-20-26)32(38)35(21-30(36)34(3)4)29-12-8-5-9-23(29)2/h5-20H,21H2,1-4H3,(H,33,37). The second-order valence-corrected chi connectivity index (χ2v) is 9.41. The molecule has 0 aliphatic heterocycles. The van der Waals surface area contributed by atoms with E-state index in [1.54, 1.807) is 44.4 Å². The van der Waals surface area contributed by atoms with Crippen LogP contribution in [0.4, 0.5) is 11.4 Å². The van der Waals surface area contributed by atoms with Crippen LogP contribution >= 0.6 is 0 Å². The van der Waals surface area contributed by atoms with Crippen molar-refractivity contribution in [3.05, 3.63) is 119 Å². The molecule has 3 amide bonds. The highest BCUT2D eigenvalue weighted by Crippen LogP contribution is 2.26. The van der Waals surface area contributed by atoms with E-state index in [1.165, 1.54) is 9.80 Å². The van der Waals surface area contributed by atoms with E-state index in [4.69, 9.17) is 0 Å². The molecule has 6 nitrogen and oxygen atoms in total. The van der Waals surface area contributed by atoms with Crippen LogP contribution in [-0.4, -0.2) is 43.3 Å². The Morgan fingerprint density at radius 1 is 0.737 bits per heavy atom. The number of amides is 3. The minimum atomic E-state index is -0.294. The van der Waals surface area contributed by atoms with Gasteiger partial charge >= 0.3 is 0 Å². The van der Waals surface area contributed by atoms with Crippen molar-refractivity contribution < 1.29 is 14.4 Å². The van der Waals surface area contributed by atoms with Crippen molar-refractivity contribution in [2.24, 2.45) is 0 Å². The van der Waals surface area contributed by atoms with Gasteiger partial charge in [-0.2, -0.15) is 0 Å². The van der Waals surface area contributed by atoms with E-state index in [0.29, 0.717) is 22.5 Å². The smallest absolute Gasteiger partial charge is 0.258 e. The van der Waals surface area contributed by atoms with Crippen LogP contribution < -0.4 is 10.2 Å². The van der Waals surface area contributed by atoms with Crippen molar-refractivity contribution in [2.45, 2.75) is 13.8 Å². The van der Waals surface area contributed by atoms with Gasteiger partial charge in [0.1, 0.15) is 6.54 Å². The number of para-hydroxylation sites is 1. The van der Waals surface area contributed by atoms with E-state index >= 15 is 0 Å². The molecule has 1 N–H and O–H groups in total. The van der Waals surface area contributed by atoms with Gasteiger partial charge in [-0.15, -0.1) is 0 Å². The van der Waals surface area contributed by atoms with Crippen LogP contribution in [0.15, 0.2) is 97.1 Å². The topological polar surface area (TPSA) is 69.7 Å². The van der Waals surface area contributed by atoms with Gasteiger partial charge in [0.2, 0.25) is 5.91 Å². The number of aryl methyl sites for hydroxylation is 2. The number of carbonyl (C=O) groups excluding carboxylic acids is 3. The molecular weight excluding hydrogens is 474 g/mol. The van der Waals surface area contributed by atoms with E-state index in [9.17, 15) is 14.4 Å². The number of hydrogen-bond acceptors (Lipinski definition) is 3. The summed E-state index contributed by atoms with van der Waals surface area (Å²) >= 11 is 0. The van der Waals surface area contributed by atoms with Gasteiger partial charge in [0.15, 0.2) is 0 Å². The molecule has 0 radical (unpaired) electrons. The fourth-order valence-electron chi connectivity index (χ4n) is 4.13. The summed E-state index contributed by atoms with van der Waals surface area (Å²) in [6.45, 7) is 3.85. The Bertz CT molecular complexity index is 1460. The Kier molecular flexibility index (Phi) is 8.02. The van der Waals surface area contributed by atoms with E-state index in [-0.39, 0.29) is 24.3 Å². The Morgan fingerprint density at radius 3 is 2.03 bits per heavy atom. The summed E-state index contributed by atoms with van der Waals surface area (Å²) in [7, 11) is 3.33. The minimum Gasteiger partial charge on any atom is -0.347 e. The van der Waals surface area contributed by atoms with Crippen LogP contribution in [0, 0.1) is 13.8 Å². The third-order valence-electron chi connectivity index (χ3n) is 6.37. The normalized spacial score (nSPS) is 10.5. The van der Waals surface area contributed by atoms with E-state index in [2.05, 4.69) is 5.32 Å². The minimum absolute atomic E-state index is 0.0784. The van der Waals surface area contributed by atoms with Crippen molar-refractivity contribution in [1.82, 2.24) is 4.90 Å². The highest BCUT2D eigenvalue weighted by atomic mass is 16.2. The molecular formula is C32H31N3O3. The van der Waals surface area contributed by atoms with Crippen LogP contribution in [0.25, 0.3) is 11.1 Å². The number of benzene rings is 4. The second kappa shape index (κ2) is 11.6. The van der Waals surface area contributed by atoms with Crippen molar-refractivity contribution in [3.8, 4) is 11.1 Å². The average molecular weight is 506 g/mol. The first-order chi connectivity index (χ1) is 18.2. The summed E-state index contributed by atoms with van der Waals surface area (Å²) in [5.74, 6) is -0.715. The van der Waals surface area contributed by atoms with Crippen molar-refractivity contribution in [1.29, 1.82) is 0 Å². The molecule has 0 spiro atoms. The van der Waals surface area contributed by atoms with Gasteiger partial charge < -0.3 is 10.2 Å². The Labute approximate surface area is 223 Å². The summed E-state index contributed by atoms with van der Waals surface area (Å²) in [6, 6.07) is 29.7. The summed E-state index contributed by atoms with van der Waals surface area (Å²) in [4.78, 5) is 42.2. The predicted octanol–water partition coefficient (Wildman–Crippen LogP) is 5.96. The predicted molar refractivity (Wildman–Crippen MR) is 153 cm³/mol. The average Bonchev–Trinajstić information content (AvgIpc) is 2.92. The summed E-state index contributed by atoms with van der Waals surface area (Å²) in [5, 5.41) is 2.94. The molecule has 4 aromatic carbocycles. The molecule has 0 saturated carbocycles. The fraction of sp³-hybridized carbons (Fsp3) is 0.156. The maximum Gasteiger partial charge on any atom is 0.258 e. The lowest BCUT2D eigenvalue weighted by Gasteiger charge is -2.25. The van der Waals surface area contributed by atoms with E-state index < -0.39 is 0 Å². The van der Waals surface area contributed by atoms with Gasteiger partial charge in [-0.25, -0.2) is 0 Å². The second-order valence-electron chi connectivity index (χ2n) is 9.41. The first-order valence-electron chi connectivity index (χ1n) is 12.4. The molecule has 0 atom stereocenters. The van der Waals surface area contributed by atoms with Gasteiger partial charge in [0.05, 0.1) is 0 Å². The van der Waals surface area contributed by atoms with E-state index in [0.717, 1.165) is 22.3 Å². The first kappa shape index (κ1) is 26.4. The maximum atomic E-state index is 13.5. The number of rotatable bonds is 7. The Balaban J connectivity index is 1.55. The van der Waals surface area contributed by atoms with Gasteiger partial charge in [-0.3, -0.25) is 19.3 Å². The maximum absolute atomic E-state index is 13.5. The van der Waals surface area contributed by atoms with Crippen LogP contribution in [0.1, 0.15) is 31.8 Å². The molecule has 192 valence electrons. The summed E-state index contributed by atoms with van der Waals surface area (Å²) in [6.07, 6.45) is 0. The molecule has 38 heavy (non-hydrogen) atoms. The molecule has 4 rings (SSSR count). The number of nitrogens with zero attached hydrogens (tertiary/aromatic N) is 2. The first-order valence-corrected chi connectivity index (χ1v) is 12.4. The van der Waals surface area contributed by atoms with E-state index in [1.807, 2.05) is 80.6 Å². The highest BCUT2D eigenvalue weighted by Gasteiger charge is 2.23. The van der Waals surface area contributed by atoms with Crippen molar-refractivity contribution in [3.63, 3.8) is 0 Å². The molecule has 0 aliphatic carbocycles. The van der Waals surface area contributed by atoms with Crippen LogP contribution in [-0.2, 0) is 4.79 Å². The van der Waals surface area contributed by atoms with Crippen molar-refractivity contribution >= 4 is 29.1 Å². The lowest BCUT2D eigenvalue weighted by Crippen LogP contribution is -2.40. The molecule has 0 unspecified atom stereocenters. The summed E-state index contributed by atoms with van der Waals surface area (Å²) in [5.41, 5.74) is 6.07. The molecule has 0 bridgehead atoms. The third kappa shape index (κ3) is 5.98. The Hall–Kier alpha value is -4.71. The Morgan fingerprint density at radius 2 is 1.37 bits per heavy atom. The van der Waals surface area contributed by atoms with Gasteiger partial charge in [-0.1, -0.05) is 66.2 Å². The molecule has 0 saturated heterocycles. The number of nitrogens with one attached hydrogen (secondary N) is 1. The molecule has 0 aromatic heterocycles. The number of anilines is 2.